The van der Waals surface area contributed by atoms with E-state index in [1.54, 1.807) is 6.92 Å². The second kappa shape index (κ2) is 5.05. The first kappa shape index (κ1) is 12.6. The standard InChI is InChI=1S/C11H21NO3/c1-9(10(2)13)12(3)8-11(14)4-6-15-7-5-11/h9,14H,4-8H2,1-3H3. The molecule has 0 amide bonds. The molecule has 0 saturated carbocycles. The van der Waals surface area contributed by atoms with Gasteiger partial charge in [-0.15, -0.1) is 0 Å². The number of hydrogen-bond acceptors (Lipinski definition) is 4. The molecule has 1 saturated heterocycles. The summed E-state index contributed by atoms with van der Waals surface area (Å²) in [6.07, 6.45) is 1.31. The highest BCUT2D eigenvalue weighted by Gasteiger charge is 2.32. The van der Waals surface area contributed by atoms with Gasteiger partial charge in [0, 0.05) is 32.6 Å². The highest BCUT2D eigenvalue weighted by Crippen LogP contribution is 2.21. The second-order valence-electron chi connectivity index (χ2n) is 4.54. The van der Waals surface area contributed by atoms with Gasteiger partial charge >= 0.3 is 0 Å². The van der Waals surface area contributed by atoms with Crippen LogP contribution in [0.1, 0.15) is 26.7 Å². The van der Waals surface area contributed by atoms with E-state index in [9.17, 15) is 9.90 Å². The molecule has 1 fully saturated rings. The predicted molar refractivity (Wildman–Crippen MR) is 57.8 cm³/mol. The van der Waals surface area contributed by atoms with Crippen LogP contribution in [0.5, 0.6) is 0 Å². The molecule has 1 aliphatic heterocycles. The van der Waals surface area contributed by atoms with E-state index in [1.165, 1.54) is 0 Å². The Bertz CT molecular complexity index is 224. The van der Waals surface area contributed by atoms with Crippen LogP contribution in [-0.2, 0) is 9.53 Å². The lowest BCUT2D eigenvalue weighted by molar-refractivity contribution is -0.123. The number of nitrogens with zero attached hydrogens (tertiary/aromatic N) is 1. The lowest BCUT2D eigenvalue weighted by Gasteiger charge is -2.37. The summed E-state index contributed by atoms with van der Waals surface area (Å²) < 4.78 is 5.21. The van der Waals surface area contributed by atoms with Crippen LogP contribution in [0.25, 0.3) is 0 Å². The minimum atomic E-state index is -0.684. The molecule has 0 spiro atoms. The zero-order chi connectivity index (χ0) is 11.5. The largest absolute Gasteiger partial charge is 0.388 e. The summed E-state index contributed by atoms with van der Waals surface area (Å²) in [5.74, 6) is 0.133. The second-order valence-corrected chi connectivity index (χ2v) is 4.54. The van der Waals surface area contributed by atoms with Crippen LogP contribution >= 0.6 is 0 Å². The maximum atomic E-state index is 11.2. The molecule has 1 aliphatic rings. The monoisotopic (exact) mass is 215 g/mol. The van der Waals surface area contributed by atoms with Crippen molar-refractivity contribution in [2.24, 2.45) is 0 Å². The molecule has 1 heterocycles. The smallest absolute Gasteiger partial charge is 0.146 e. The Balaban J connectivity index is 2.48. The molecule has 0 radical (unpaired) electrons. The highest BCUT2D eigenvalue weighted by molar-refractivity contribution is 5.80. The summed E-state index contributed by atoms with van der Waals surface area (Å²) in [7, 11) is 1.87. The van der Waals surface area contributed by atoms with E-state index in [2.05, 4.69) is 0 Å². The molecular formula is C11H21NO3. The van der Waals surface area contributed by atoms with Crippen LogP contribution in [0, 0.1) is 0 Å². The molecule has 15 heavy (non-hydrogen) atoms. The van der Waals surface area contributed by atoms with Gasteiger partial charge in [-0.3, -0.25) is 9.69 Å². The van der Waals surface area contributed by atoms with Gasteiger partial charge in [0.25, 0.3) is 0 Å². The number of carbonyl (C=O) groups is 1. The average molecular weight is 215 g/mol. The van der Waals surface area contributed by atoms with Crippen LogP contribution in [0.15, 0.2) is 0 Å². The fraction of sp³-hybridized carbons (Fsp3) is 0.909. The number of carbonyl (C=O) groups excluding carboxylic acids is 1. The topological polar surface area (TPSA) is 49.8 Å². The van der Waals surface area contributed by atoms with E-state index >= 15 is 0 Å². The maximum absolute atomic E-state index is 11.2. The van der Waals surface area contributed by atoms with Gasteiger partial charge in [-0.05, 0) is 20.9 Å². The van der Waals surface area contributed by atoms with Gasteiger partial charge < -0.3 is 9.84 Å². The Morgan fingerprint density at radius 3 is 2.53 bits per heavy atom. The zero-order valence-corrected chi connectivity index (χ0v) is 9.82. The molecule has 1 rings (SSSR count). The molecule has 1 N–H and O–H groups in total. The molecule has 0 aromatic rings. The van der Waals surface area contributed by atoms with Crippen molar-refractivity contribution in [2.45, 2.75) is 38.3 Å². The Kier molecular flexibility index (Phi) is 4.25. The van der Waals surface area contributed by atoms with E-state index < -0.39 is 5.60 Å². The van der Waals surface area contributed by atoms with E-state index in [0.717, 1.165) is 0 Å². The number of aliphatic hydroxyl groups is 1. The van der Waals surface area contributed by atoms with Gasteiger partial charge in [0.05, 0.1) is 11.6 Å². The van der Waals surface area contributed by atoms with Crippen molar-refractivity contribution in [1.82, 2.24) is 4.90 Å². The number of ether oxygens (including phenoxy) is 1. The summed E-state index contributed by atoms with van der Waals surface area (Å²) in [5.41, 5.74) is -0.684. The molecule has 0 aromatic carbocycles. The van der Waals surface area contributed by atoms with E-state index in [-0.39, 0.29) is 11.8 Å². The van der Waals surface area contributed by atoms with Gasteiger partial charge in [0.15, 0.2) is 0 Å². The van der Waals surface area contributed by atoms with Crippen LogP contribution in [0.3, 0.4) is 0 Å². The van der Waals surface area contributed by atoms with Crippen LogP contribution in [0.2, 0.25) is 0 Å². The van der Waals surface area contributed by atoms with Crippen molar-refractivity contribution >= 4 is 5.78 Å². The molecule has 0 bridgehead atoms. The molecule has 4 nitrogen and oxygen atoms in total. The minimum Gasteiger partial charge on any atom is -0.388 e. The van der Waals surface area contributed by atoms with Gasteiger partial charge in [0.2, 0.25) is 0 Å². The summed E-state index contributed by atoms with van der Waals surface area (Å²) >= 11 is 0. The van der Waals surface area contributed by atoms with Crippen molar-refractivity contribution in [3.8, 4) is 0 Å². The van der Waals surface area contributed by atoms with Gasteiger partial charge in [-0.25, -0.2) is 0 Å². The Hall–Kier alpha value is -0.450. The van der Waals surface area contributed by atoms with E-state index in [0.29, 0.717) is 32.6 Å². The first-order chi connectivity index (χ1) is 6.94. The third-order valence-corrected chi connectivity index (χ3v) is 3.22. The van der Waals surface area contributed by atoms with Gasteiger partial charge in [0.1, 0.15) is 5.78 Å². The summed E-state index contributed by atoms with van der Waals surface area (Å²) in [6.45, 7) is 5.20. The quantitative estimate of drug-likeness (QED) is 0.739. The third kappa shape index (κ3) is 3.55. The number of Topliss-reactive ketones (excluding diaryl/α,β-unsaturated/α-hetero) is 1. The molecule has 1 atom stereocenters. The van der Waals surface area contributed by atoms with E-state index in [1.807, 2.05) is 18.9 Å². The van der Waals surface area contributed by atoms with Crippen LogP contribution in [-0.4, -0.2) is 54.2 Å². The van der Waals surface area contributed by atoms with Crippen molar-refractivity contribution in [3.63, 3.8) is 0 Å². The molecular weight excluding hydrogens is 194 g/mol. The van der Waals surface area contributed by atoms with Crippen molar-refractivity contribution in [1.29, 1.82) is 0 Å². The molecule has 1 unspecified atom stereocenters. The summed E-state index contributed by atoms with van der Waals surface area (Å²) in [6, 6.07) is -0.128. The fourth-order valence-electron chi connectivity index (χ4n) is 1.82. The zero-order valence-electron chi connectivity index (χ0n) is 9.82. The minimum absolute atomic E-state index is 0.128. The summed E-state index contributed by atoms with van der Waals surface area (Å²) in [4.78, 5) is 13.1. The molecule has 4 heteroatoms. The van der Waals surface area contributed by atoms with Crippen LogP contribution < -0.4 is 0 Å². The highest BCUT2D eigenvalue weighted by atomic mass is 16.5. The molecule has 0 aliphatic carbocycles. The number of ketones is 1. The van der Waals surface area contributed by atoms with Gasteiger partial charge in [-0.1, -0.05) is 0 Å². The number of likely N-dealkylation sites (N-methyl/N-ethyl adjacent to an activating group) is 1. The van der Waals surface area contributed by atoms with Crippen molar-refractivity contribution in [2.75, 3.05) is 26.8 Å². The Labute approximate surface area is 91.2 Å². The third-order valence-electron chi connectivity index (χ3n) is 3.22. The van der Waals surface area contributed by atoms with Crippen molar-refractivity contribution < 1.29 is 14.6 Å². The SMILES string of the molecule is CC(=O)C(C)N(C)CC1(O)CCOCC1. The molecule has 0 aromatic heterocycles. The normalized spacial score (nSPS) is 22.7. The molecule has 88 valence electrons. The maximum Gasteiger partial charge on any atom is 0.146 e. The van der Waals surface area contributed by atoms with Crippen molar-refractivity contribution in [3.05, 3.63) is 0 Å². The van der Waals surface area contributed by atoms with E-state index in [4.69, 9.17) is 4.74 Å². The van der Waals surface area contributed by atoms with Crippen LogP contribution in [0.4, 0.5) is 0 Å². The first-order valence-corrected chi connectivity index (χ1v) is 5.45. The predicted octanol–water partition coefficient (Wildman–Crippen LogP) is 0.437. The first-order valence-electron chi connectivity index (χ1n) is 5.45. The lowest BCUT2D eigenvalue weighted by Crippen LogP contribution is -2.49. The lowest BCUT2D eigenvalue weighted by atomic mass is 9.93. The average Bonchev–Trinajstić information content (AvgIpc) is 2.16. The summed E-state index contributed by atoms with van der Waals surface area (Å²) in [5, 5.41) is 10.2. The Morgan fingerprint density at radius 1 is 1.53 bits per heavy atom. The Morgan fingerprint density at radius 2 is 2.07 bits per heavy atom. The van der Waals surface area contributed by atoms with Gasteiger partial charge in [-0.2, -0.15) is 0 Å². The number of hydrogen-bond donors (Lipinski definition) is 1. The number of rotatable bonds is 4. The fourth-order valence-corrected chi connectivity index (χ4v) is 1.82.